The number of benzene rings is 2. The maximum Gasteiger partial charge on any atom is 0.212 e. The number of carbonyl (C=O) groups excluding carboxylic acids is 2. The quantitative estimate of drug-likeness (QED) is 0.845. The van der Waals surface area contributed by atoms with Gasteiger partial charge in [-0.2, -0.15) is 0 Å². The van der Waals surface area contributed by atoms with E-state index in [1.165, 1.54) is 17.7 Å². The number of fused-ring (bicyclic) bond motifs is 1. The average Bonchev–Trinajstić information content (AvgIpc) is 2.56. The van der Waals surface area contributed by atoms with Crippen molar-refractivity contribution in [3.63, 3.8) is 0 Å². The number of ketones is 2. The standard InChI is InChI=1S/C19H17NO4/c1-2-3-11-4-6-12(7-5-11)20-13-10-16(23)17-14(21)8-9-15(22)18(17)19(13)24/h4-9,21-22H,2-3,10H2,1H3. The minimum atomic E-state index is -0.532. The van der Waals surface area contributed by atoms with Crippen molar-refractivity contribution < 1.29 is 19.8 Å². The van der Waals surface area contributed by atoms with Crippen LogP contribution in [0, 0.1) is 0 Å². The Morgan fingerprint density at radius 1 is 0.958 bits per heavy atom. The molecule has 5 heteroatoms. The summed E-state index contributed by atoms with van der Waals surface area (Å²) in [5.41, 5.74) is 1.52. The van der Waals surface area contributed by atoms with Crippen LogP contribution in [0.4, 0.5) is 5.69 Å². The predicted octanol–water partition coefficient (Wildman–Crippen LogP) is 3.59. The fourth-order valence-electron chi connectivity index (χ4n) is 2.83. The summed E-state index contributed by atoms with van der Waals surface area (Å²) in [7, 11) is 0. The average molecular weight is 323 g/mol. The first kappa shape index (κ1) is 15.9. The van der Waals surface area contributed by atoms with Gasteiger partial charge in [-0.05, 0) is 36.2 Å². The highest BCUT2D eigenvalue weighted by Crippen LogP contribution is 2.34. The van der Waals surface area contributed by atoms with Crippen molar-refractivity contribution in [2.24, 2.45) is 4.99 Å². The molecule has 122 valence electrons. The highest BCUT2D eigenvalue weighted by Gasteiger charge is 2.34. The van der Waals surface area contributed by atoms with E-state index < -0.39 is 11.6 Å². The van der Waals surface area contributed by atoms with Crippen LogP contribution >= 0.6 is 0 Å². The van der Waals surface area contributed by atoms with E-state index in [2.05, 4.69) is 11.9 Å². The number of rotatable bonds is 3. The van der Waals surface area contributed by atoms with Gasteiger partial charge in [0.2, 0.25) is 5.78 Å². The number of carbonyl (C=O) groups is 2. The molecule has 5 nitrogen and oxygen atoms in total. The van der Waals surface area contributed by atoms with Gasteiger partial charge in [-0.25, -0.2) is 4.99 Å². The van der Waals surface area contributed by atoms with Gasteiger partial charge in [-0.3, -0.25) is 9.59 Å². The monoisotopic (exact) mass is 323 g/mol. The van der Waals surface area contributed by atoms with Gasteiger partial charge in [0.25, 0.3) is 0 Å². The van der Waals surface area contributed by atoms with Gasteiger partial charge in [-0.1, -0.05) is 25.5 Å². The molecule has 0 spiro atoms. The minimum Gasteiger partial charge on any atom is -0.507 e. The summed E-state index contributed by atoms with van der Waals surface area (Å²) >= 11 is 0. The smallest absolute Gasteiger partial charge is 0.212 e. The number of aryl methyl sites for hydroxylation is 1. The third-order valence-electron chi connectivity index (χ3n) is 4.00. The molecule has 0 bridgehead atoms. The molecule has 0 fully saturated rings. The number of hydrogen-bond acceptors (Lipinski definition) is 5. The van der Waals surface area contributed by atoms with Crippen LogP contribution in [-0.2, 0) is 6.42 Å². The molecule has 0 saturated heterocycles. The van der Waals surface area contributed by atoms with Crippen LogP contribution in [0.5, 0.6) is 11.5 Å². The molecular weight excluding hydrogens is 306 g/mol. The molecule has 0 unspecified atom stereocenters. The molecular formula is C19H17NO4. The van der Waals surface area contributed by atoms with E-state index in [1.54, 1.807) is 12.1 Å². The summed E-state index contributed by atoms with van der Waals surface area (Å²) in [6.07, 6.45) is 1.81. The Labute approximate surface area is 139 Å². The van der Waals surface area contributed by atoms with Crippen molar-refractivity contribution in [1.29, 1.82) is 0 Å². The largest absolute Gasteiger partial charge is 0.507 e. The molecule has 0 atom stereocenters. The maximum absolute atomic E-state index is 12.6. The van der Waals surface area contributed by atoms with Gasteiger partial charge in [0.1, 0.15) is 11.5 Å². The molecule has 24 heavy (non-hydrogen) atoms. The SMILES string of the molecule is CCCc1ccc(N=C2CC(=O)c3c(O)ccc(O)c3C2=O)cc1. The van der Waals surface area contributed by atoms with Crippen molar-refractivity contribution >= 4 is 23.0 Å². The van der Waals surface area contributed by atoms with Crippen molar-refractivity contribution in [1.82, 2.24) is 0 Å². The molecule has 0 saturated carbocycles. The van der Waals surface area contributed by atoms with Crippen molar-refractivity contribution in [2.75, 3.05) is 0 Å². The summed E-state index contributed by atoms with van der Waals surface area (Å²) in [6, 6.07) is 9.88. The zero-order valence-corrected chi connectivity index (χ0v) is 13.2. The summed E-state index contributed by atoms with van der Waals surface area (Å²) < 4.78 is 0. The Balaban J connectivity index is 2.00. The van der Waals surface area contributed by atoms with Gasteiger partial charge in [0.15, 0.2) is 5.78 Å². The number of hydrogen-bond donors (Lipinski definition) is 2. The van der Waals surface area contributed by atoms with E-state index in [9.17, 15) is 19.8 Å². The fraction of sp³-hybridized carbons (Fsp3) is 0.211. The summed E-state index contributed by atoms with van der Waals surface area (Å²) in [4.78, 5) is 29.1. The first-order valence-electron chi connectivity index (χ1n) is 7.80. The topological polar surface area (TPSA) is 87.0 Å². The van der Waals surface area contributed by atoms with Crippen molar-refractivity contribution in [2.45, 2.75) is 26.2 Å². The van der Waals surface area contributed by atoms with Crippen LogP contribution in [0.15, 0.2) is 41.4 Å². The van der Waals surface area contributed by atoms with Crippen LogP contribution < -0.4 is 0 Å². The Morgan fingerprint density at radius 2 is 1.58 bits per heavy atom. The molecule has 2 aromatic rings. The summed E-state index contributed by atoms with van der Waals surface area (Å²) in [6.45, 7) is 2.10. The minimum absolute atomic E-state index is 0.0663. The number of phenolic OH excluding ortho intramolecular Hbond substituents is 2. The van der Waals surface area contributed by atoms with Crippen molar-refractivity contribution in [3.05, 3.63) is 53.1 Å². The van der Waals surface area contributed by atoms with Crippen LogP contribution in [0.3, 0.4) is 0 Å². The van der Waals surface area contributed by atoms with Gasteiger partial charge in [0.05, 0.1) is 28.9 Å². The van der Waals surface area contributed by atoms with E-state index in [1.807, 2.05) is 12.1 Å². The van der Waals surface area contributed by atoms with E-state index in [4.69, 9.17) is 0 Å². The molecule has 3 rings (SSSR count). The lowest BCUT2D eigenvalue weighted by molar-refractivity contribution is 0.0960. The zero-order valence-electron chi connectivity index (χ0n) is 13.2. The highest BCUT2D eigenvalue weighted by molar-refractivity contribution is 6.53. The lowest BCUT2D eigenvalue weighted by Gasteiger charge is -2.17. The van der Waals surface area contributed by atoms with Crippen LogP contribution in [0.25, 0.3) is 0 Å². The molecule has 0 aromatic heterocycles. The number of Topliss-reactive ketones (excluding diaryl/α,β-unsaturated/α-hetero) is 2. The van der Waals surface area contributed by atoms with E-state index >= 15 is 0 Å². The fourth-order valence-corrected chi connectivity index (χ4v) is 2.83. The second kappa shape index (κ2) is 6.28. The first-order valence-corrected chi connectivity index (χ1v) is 7.80. The van der Waals surface area contributed by atoms with Gasteiger partial charge in [-0.15, -0.1) is 0 Å². The molecule has 1 aliphatic rings. The molecule has 0 aliphatic heterocycles. The number of aliphatic imine (C=N–C) groups is 1. The van der Waals surface area contributed by atoms with Crippen LogP contribution in [-0.4, -0.2) is 27.5 Å². The Hall–Kier alpha value is -2.95. The summed E-state index contributed by atoms with van der Waals surface area (Å²) in [5, 5.41) is 19.7. The Kier molecular flexibility index (Phi) is 4.16. The lowest BCUT2D eigenvalue weighted by Crippen LogP contribution is -2.27. The van der Waals surface area contributed by atoms with E-state index in [0.29, 0.717) is 5.69 Å². The van der Waals surface area contributed by atoms with Gasteiger partial charge in [0, 0.05) is 0 Å². The van der Waals surface area contributed by atoms with Gasteiger partial charge >= 0.3 is 0 Å². The molecule has 1 aliphatic carbocycles. The first-order chi connectivity index (χ1) is 11.5. The molecule has 0 radical (unpaired) electrons. The van der Waals surface area contributed by atoms with E-state index in [0.717, 1.165) is 12.8 Å². The number of phenols is 2. The molecule has 0 heterocycles. The normalized spacial score (nSPS) is 15.6. The molecule has 2 N–H and O–H groups in total. The lowest BCUT2D eigenvalue weighted by atomic mass is 9.86. The Morgan fingerprint density at radius 3 is 2.21 bits per heavy atom. The number of aromatic hydroxyl groups is 2. The number of nitrogens with zero attached hydrogens (tertiary/aromatic N) is 1. The second-order valence-corrected chi connectivity index (χ2v) is 5.76. The van der Waals surface area contributed by atoms with Crippen LogP contribution in [0.2, 0.25) is 0 Å². The van der Waals surface area contributed by atoms with Gasteiger partial charge < -0.3 is 10.2 Å². The van der Waals surface area contributed by atoms with Crippen molar-refractivity contribution in [3.8, 4) is 11.5 Å². The summed E-state index contributed by atoms with van der Waals surface area (Å²) in [5.74, 6) is -1.59. The second-order valence-electron chi connectivity index (χ2n) is 5.76. The third-order valence-corrected chi connectivity index (χ3v) is 4.00. The third kappa shape index (κ3) is 2.80. The molecule has 0 amide bonds. The van der Waals surface area contributed by atoms with Crippen LogP contribution in [0.1, 0.15) is 46.0 Å². The zero-order chi connectivity index (χ0) is 17.3. The van der Waals surface area contributed by atoms with E-state index in [-0.39, 0.29) is 34.8 Å². The highest BCUT2D eigenvalue weighted by atomic mass is 16.3. The molecule has 2 aromatic carbocycles. The maximum atomic E-state index is 12.6. The predicted molar refractivity (Wildman–Crippen MR) is 90.6 cm³/mol. The Bertz CT molecular complexity index is 850.